The van der Waals surface area contributed by atoms with E-state index in [1.807, 2.05) is 0 Å². The molecule has 1 aliphatic rings. The van der Waals surface area contributed by atoms with Gasteiger partial charge in [0.25, 0.3) is 0 Å². The number of likely N-dealkylation sites (N-methyl/N-ethyl adjacent to an activating group) is 1. The molecule has 1 aliphatic heterocycles. The van der Waals surface area contributed by atoms with Crippen molar-refractivity contribution in [1.29, 1.82) is 0 Å². The number of piperazine rings is 1. The van der Waals surface area contributed by atoms with Crippen LogP contribution in [0.3, 0.4) is 0 Å². The van der Waals surface area contributed by atoms with E-state index in [1.165, 1.54) is 48.4 Å². The van der Waals surface area contributed by atoms with E-state index in [2.05, 4.69) is 72.3 Å². The highest BCUT2D eigenvalue weighted by Crippen LogP contribution is 2.22. The summed E-state index contributed by atoms with van der Waals surface area (Å²) in [7, 11) is 2.20. The Labute approximate surface area is 128 Å². The van der Waals surface area contributed by atoms with E-state index in [4.69, 9.17) is 0 Å². The highest BCUT2D eigenvalue weighted by Gasteiger charge is 2.13. The maximum absolute atomic E-state index is 2.55. The van der Waals surface area contributed by atoms with Gasteiger partial charge in [-0.2, -0.15) is 0 Å². The zero-order chi connectivity index (χ0) is 14.7. The molecule has 0 aliphatic carbocycles. The second kappa shape index (κ2) is 6.42. The Morgan fingerprint density at radius 2 is 1.52 bits per heavy atom. The maximum Gasteiger partial charge on any atom is 0.0235 e. The van der Waals surface area contributed by atoms with Crippen LogP contribution < -0.4 is 0 Å². The summed E-state index contributed by atoms with van der Waals surface area (Å²) < 4.78 is 0. The highest BCUT2D eigenvalue weighted by atomic mass is 15.2. The predicted molar refractivity (Wildman–Crippen MR) is 89.4 cm³/mol. The summed E-state index contributed by atoms with van der Waals surface area (Å²) >= 11 is 0. The molecule has 0 spiro atoms. The molecular formula is C19H24N2. The summed E-state index contributed by atoms with van der Waals surface area (Å²) in [6.45, 7) is 7.91. The van der Waals surface area contributed by atoms with E-state index in [1.54, 1.807) is 0 Å². The summed E-state index contributed by atoms with van der Waals surface area (Å²) in [5.41, 5.74) is 5.37. The molecule has 0 radical (unpaired) electrons. The van der Waals surface area contributed by atoms with E-state index < -0.39 is 0 Å². The molecular weight excluding hydrogens is 256 g/mol. The third-order valence-corrected chi connectivity index (χ3v) is 4.28. The summed E-state index contributed by atoms with van der Waals surface area (Å²) in [6.07, 6.45) is 0. The van der Waals surface area contributed by atoms with Crippen LogP contribution in [0.1, 0.15) is 11.1 Å². The van der Waals surface area contributed by atoms with E-state index in [9.17, 15) is 0 Å². The third-order valence-electron chi connectivity index (χ3n) is 4.28. The van der Waals surface area contributed by atoms with E-state index in [0.29, 0.717) is 0 Å². The van der Waals surface area contributed by atoms with E-state index in [0.717, 1.165) is 6.54 Å². The van der Waals surface area contributed by atoms with Crippen molar-refractivity contribution in [1.82, 2.24) is 9.80 Å². The molecule has 1 saturated heterocycles. The first-order valence-corrected chi connectivity index (χ1v) is 7.77. The lowest BCUT2D eigenvalue weighted by molar-refractivity contribution is 0.148. The smallest absolute Gasteiger partial charge is 0.0235 e. The van der Waals surface area contributed by atoms with Crippen molar-refractivity contribution in [3.63, 3.8) is 0 Å². The van der Waals surface area contributed by atoms with Crippen molar-refractivity contribution in [2.75, 3.05) is 33.2 Å². The number of rotatable bonds is 3. The van der Waals surface area contributed by atoms with Crippen LogP contribution in [-0.2, 0) is 6.54 Å². The minimum absolute atomic E-state index is 1.06. The lowest BCUT2D eigenvalue weighted by atomic mass is 10.0. The van der Waals surface area contributed by atoms with Crippen LogP contribution in [0.2, 0.25) is 0 Å². The number of aryl methyl sites for hydroxylation is 1. The summed E-state index contributed by atoms with van der Waals surface area (Å²) in [5.74, 6) is 0. The van der Waals surface area contributed by atoms with Crippen LogP contribution in [-0.4, -0.2) is 43.0 Å². The van der Waals surface area contributed by atoms with Gasteiger partial charge < -0.3 is 4.90 Å². The second-order valence-electron chi connectivity index (χ2n) is 6.15. The monoisotopic (exact) mass is 280 g/mol. The van der Waals surface area contributed by atoms with Gasteiger partial charge in [-0.05, 0) is 36.7 Å². The molecule has 2 heteroatoms. The quantitative estimate of drug-likeness (QED) is 0.850. The minimum Gasteiger partial charge on any atom is -0.304 e. The molecule has 110 valence electrons. The largest absolute Gasteiger partial charge is 0.304 e. The Hall–Kier alpha value is -1.64. The Balaban J connectivity index is 1.74. The molecule has 2 aromatic rings. The molecule has 1 fully saturated rings. The van der Waals surface area contributed by atoms with Crippen molar-refractivity contribution >= 4 is 0 Å². The summed E-state index contributed by atoms with van der Waals surface area (Å²) in [4.78, 5) is 4.95. The van der Waals surface area contributed by atoms with Crippen LogP contribution in [0.25, 0.3) is 11.1 Å². The van der Waals surface area contributed by atoms with Crippen molar-refractivity contribution in [2.45, 2.75) is 13.5 Å². The van der Waals surface area contributed by atoms with Gasteiger partial charge in [0.2, 0.25) is 0 Å². The molecule has 1 heterocycles. The topological polar surface area (TPSA) is 6.48 Å². The molecule has 0 amide bonds. The number of benzene rings is 2. The van der Waals surface area contributed by atoms with Crippen LogP contribution >= 0.6 is 0 Å². The zero-order valence-electron chi connectivity index (χ0n) is 13.0. The van der Waals surface area contributed by atoms with E-state index in [-0.39, 0.29) is 0 Å². The minimum atomic E-state index is 1.06. The van der Waals surface area contributed by atoms with Gasteiger partial charge in [-0.3, -0.25) is 4.90 Å². The van der Waals surface area contributed by atoms with Crippen molar-refractivity contribution in [3.8, 4) is 11.1 Å². The van der Waals surface area contributed by atoms with E-state index >= 15 is 0 Å². The van der Waals surface area contributed by atoms with Gasteiger partial charge in [-0.1, -0.05) is 48.0 Å². The van der Waals surface area contributed by atoms with Gasteiger partial charge in [0.1, 0.15) is 0 Å². The molecule has 0 N–H and O–H groups in total. The lowest BCUT2D eigenvalue weighted by Gasteiger charge is -2.32. The standard InChI is InChI=1S/C19H24N2/c1-16-5-3-7-18(13-16)19-8-4-6-17(14-19)15-21-11-9-20(2)10-12-21/h3-8,13-14H,9-12,15H2,1-2H3. The molecule has 0 unspecified atom stereocenters. The maximum atomic E-state index is 2.55. The molecule has 21 heavy (non-hydrogen) atoms. The van der Waals surface area contributed by atoms with Crippen molar-refractivity contribution < 1.29 is 0 Å². The first kappa shape index (κ1) is 14.3. The molecule has 0 saturated carbocycles. The highest BCUT2D eigenvalue weighted by molar-refractivity contribution is 5.64. The third kappa shape index (κ3) is 3.72. The average molecular weight is 280 g/mol. The second-order valence-corrected chi connectivity index (χ2v) is 6.15. The molecule has 3 rings (SSSR count). The lowest BCUT2D eigenvalue weighted by Crippen LogP contribution is -2.43. The van der Waals surface area contributed by atoms with Gasteiger partial charge in [-0.15, -0.1) is 0 Å². The van der Waals surface area contributed by atoms with Gasteiger partial charge >= 0.3 is 0 Å². The van der Waals surface area contributed by atoms with Gasteiger partial charge in [0.05, 0.1) is 0 Å². The Bertz CT molecular complexity index is 598. The fourth-order valence-electron chi connectivity index (χ4n) is 2.94. The fourth-order valence-corrected chi connectivity index (χ4v) is 2.94. The van der Waals surface area contributed by atoms with Crippen LogP contribution in [0.5, 0.6) is 0 Å². The average Bonchev–Trinajstić information content (AvgIpc) is 2.50. The Kier molecular flexibility index (Phi) is 4.37. The predicted octanol–water partition coefficient (Wildman–Crippen LogP) is 3.41. The Morgan fingerprint density at radius 3 is 2.24 bits per heavy atom. The molecule has 0 bridgehead atoms. The van der Waals surface area contributed by atoms with Gasteiger partial charge in [-0.25, -0.2) is 0 Å². The molecule has 2 aromatic carbocycles. The molecule has 2 nitrogen and oxygen atoms in total. The van der Waals surface area contributed by atoms with Crippen LogP contribution in [0.15, 0.2) is 48.5 Å². The number of hydrogen-bond donors (Lipinski definition) is 0. The summed E-state index contributed by atoms with van der Waals surface area (Å²) in [5, 5.41) is 0. The molecule has 0 aromatic heterocycles. The SMILES string of the molecule is Cc1cccc(-c2cccc(CN3CCN(C)CC3)c2)c1. The van der Waals surface area contributed by atoms with Crippen molar-refractivity contribution in [3.05, 3.63) is 59.7 Å². The van der Waals surface area contributed by atoms with Crippen LogP contribution in [0, 0.1) is 6.92 Å². The first-order chi connectivity index (χ1) is 10.2. The van der Waals surface area contributed by atoms with Crippen molar-refractivity contribution in [2.24, 2.45) is 0 Å². The van der Waals surface area contributed by atoms with Gasteiger partial charge in [0, 0.05) is 32.7 Å². The first-order valence-electron chi connectivity index (χ1n) is 7.77. The molecule has 0 atom stereocenters. The fraction of sp³-hybridized carbons (Fsp3) is 0.368. The summed E-state index contributed by atoms with van der Waals surface area (Å²) in [6, 6.07) is 17.7. The van der Waals surface area contributed by atoms with Crippen LogP contribution in [0.4, 0.5) is 0 Å². The van der Waals surface area contributed by atoms with Gasteiger partial charge in [0.15, 0.2) is 0 Å². The Morgan fingerprint density at radius 1 is 0.857 bits per heavy atom. The normalized spacial score (nSPS) is 17.0. The number of hydrogen-bond acceptors (Lipinski definition) is 2. The zero-order valence-corrected chi connectivity index (χ0v) is 13.0. The number of nitrogens with zero attached hydrogens (tertiary/aromatic N) is 2.